The first-order chi connectivity index (χ1) is 17.2. The first-order valence-corrected chi connectivity index (χ1v) is 12.4. The van der Waals surface area contributed by atoms with E-state index in [1.54, 1.807) is 14.2 Å². The Morgan fingerprint density at radius 3 is 2.60 bits per heavy atom. The summed E-state index contributed by atoms with van der Waals surface area (Å²) in [5.41, 5.74) is 1.69. The van der Waals surface area contributed by atoms with Crippen molar-refractivity contribution in [2.24, 2.45) is 0 Å². The van der Waals surface area contributed by atoms with Gasteiger partial charge >= 0.3 is 0 Å². The highest BCUT2D eigenvalue weighted by Gasteiger charge is 2.23. The lowest BCUT2D eigenvalue weighted by Gasteiger charge is -2.23. The number of amides is 1. The van der Waals surface area contributed by atoms with E-state index in [0.717, 1.165) is 41.0 Å². The Labute approximate surface area is 208 Å². The van der Waals surface area contributed by atoms with Crippen LogP contribution in [0.15, 0.2) is 60.0 Å². The van der Waals surface area contributed by atoms with Crippen molar-refractivity contribution in [3.63, 3.8) is 0 Å². The summed E-state index contributed by atoms with van der Waals surface area (Å²) < 4.78 is 10.8. The lowest BCUT2D eigenvalue weighted by Crippen LogP contribution is -2.35. The van der Waals surface area contributed by atoms with Gasteiger partial charge < -0.3 is 24.6 Å². The van der Waals surface area contributed by atoms with Gasteiger partial charge in [0.1, 0.15) is 5.82 Å². The maximum atomic E-state index is 12.8. The normalized spacial score (nSPS) is 14.0. The number of aromatic nitrogens is 2. The van der Waals surface area contributed by atoms with Crippen molar-refractivity contribution in [2.75, 3.05) is 50.6 Å². The smallest absolute Gasteiger partial charge is 0.263 e. The van der Waals surface area contributed by atoms with Crippen LogP contribution >= 0.6 is 11.3 Å². The quantitative estimate of drug-likeness (QED) is 0.417. The molecule has 1 saturated heterocycles. The molecule has 35 heavy (non-hydrogen) atoms. The van der Waals surface area contributed by atoms with Gasteiger partial charge in [-0.1, -0.05) is 18.2 Å². The number of ether oxygens (including phenoxy) is 2. The Kier molecular flexibility index (Phi) is 6.67. The molecule has 0 spiro atoms. The number of rotatable bonds is 6. The molecule has 0 aliphatic carbocycles. The van der Waals surface area contributed by atoms with E-state index >= 15 is 0 Å². The molecular formula is C26H27N5O3S. The molecule has 9 heteroatoms. The molecule has 0 saturated carbocycles. The third kappa shape index (κ3) is 4.85. The summed E-state index contributed by atoms with van der Waals surface area (Å²) in [4.78, 5) is 27.5. The average Bonchev–Trinajstić information content (AvgIpc) is 3.32. The number of methoxy groups -OCH3 is 2. The van der Waals surface area contributed by atoms with Crippen LogP contribution in [-0.2, 0) is 0 Å². The van der Waals surface area contributed by atoms with Crippen molar-refractivity contribution >= 4 is 45.6 Å². The number of carbonyl (C=O) groups excluding carboxylic acids is 1. The Balaban J connectivity index is 1.42. The molecule has 0 unspecified atom stereocenters. The lowest BCUT2D eigenvalue weighted by molar-refractivity contribution is 0.0772. The van der Waals surface area contributed by atoms with Crippen molar-refractivity contribution in [2.45, 2.75) is 6.42 Å². The van der Waals surface area contributed by atoms with Crippen molar-refractivity contribution in [3.05, 3.63) is 64.9 Å². The van der Waals surface area contributed by atoms with Gasteiger partial charge in [0, 0.05) is 43.3 Å². The molecule has 1 aliphatic rings. The van der Waals surface area contributed by atoms with Crippen LogP contribution in [0.25, 0.3) is 10.9 Å². The zero-order chi connectivity index (χ0) is 24.2. The van der Waals surface area contributed by atoms with Gasteiger partial charge in [-0.15, -0.1) is 11.3 Å². The highest BCUT2D eigenvalue weighted by atomic mass is 32.1. The van der Waals surface area contributed by atoms with Crippen LogP contribution in [0.2, 0.25) is 0 Å². The van der Waals surface area contributed by atoms with Crippen LogP contribution in [0.1, 0.15) is 16.1 Å². The molecule has 1 fully saturated rings. The van der Waals surface area contributed by atoms with Crippen LogP contribution < -0.4 is 19.7 Å². The van der Waals surface area contributed by atoms with Gasteiger partial charge in [0.05, 0.1) is 24.6 Å². The maximum Gasteiger partial charge on any atom is 0.263 e. The molecule has 8 nitrogen and oxygen atoms in total. The average molecular weight is 490 g/mol. The summed E-state index contributed by atoms with van der Waals surface area (Å²) in [6, 6.07) is 17.4. The van der Waals surface area contributed by atoms with Crippen molar-refractivity contribution in [1.29, 1.82) is 0 Å². The van der Waals surface area contributed by atoms with E-state index in [1.165, 1.54) is 11.3 Å². The van der Waals surface area contributed by atoms with Crippen molar-refractivity contribution in [3.8, 4) is 11.5 Å². The largest absolute Gasteiger partial charge is 0.493 e. The molecule has 5 rings (SSSR count). The van der Waals surface area contributed by atoms with E-state index in [9.17, 15) is 4.79 Å². The summed E-state index contributed by atoms with van der Waals surface area (Å²) in [6.07, 6.45) is 0.853. The molecule has 0 bridgehead atoms. The van der Waals surface area contributed by atoms with Crippen LogP contribution in [0.4, 0.5) is 17.5 Å². The molecule has 1 N–H and O–H groups in total. The Bertz CT molecular complexity index is 1330. The molecule has 2 aromatic heterocycles. The SMILES string of the molecule is COc1ccc(Nc2nc(N3CCCN(C(=O)c4cccs4)CC3)nc3ccccc23)cc1OC. The monoisotopic (exact) mass is 489 g/mol. The first kappa shape index (κ1) is 22.9. The van der Waals surface area contributed by atoms with E-state index in [0.29, 0.717) is 36.4 Å². The highest BCUT2D eigenvalue weighted by Crippen LogP contribution is 2.33. The molecular weight excluding hydrogens is 462 g/mol. The summed E-state index contributed by atoms with van der Waals surface area (Å²) in [7, 11) is 3.23. The number of anilines is 3. The number of carbonyl (C=O) groups is 1. The second kappa shape index (κ2) is 10.2. The van der Waals surface area contributed by atoms with Gasteiger partial charge in [-0.25, -0.2) is 4.98 Å². The number of fused-ring (bicyclic) bond motifs is 1. The number of hydrogen-bond donors (Lipinski definition) is 1. The third-order valence-corrected chi connectivity index (χ3v) is 6.89. The topological polar surface area (TPSA) is 79.8 Å². The van der Waals surface area contributed by atoms with Crippen molar-refractivity contribution < 1.29 is 14.3 Å². The van der Waals surface area contributed by atoms with E-state index in [-0.39, 0.29) is 5.91 Å². The van der Waals surface area contributed by atoms with Gasteiger partial charge in [-0.05, 0) is 42.1 Å². The van der Waals surface area contributed by atoms with Gasteiger partial charge in [0.2, 0.25) is 5.95 Å². The number of hydrogen-bond acceptors (Lipinski definition) is 8. The molecule has 4 aromatic rings. The lowest BCUT2D eigenvalue weighted by atomic mass is 10.2. The molecule has 180 valence electrons. The molecule has 1 aliphatic heterocycles. The van der Waals surface area contributed by atoms with Crippen molar-refractivity contribution in [1.82, 2.24) is 14.9 Å². The van der Waals surface area contributed by atoms with Crippen LogP contribution in [-0.4, -0.2) is 61.2 Å². The number of thiophene rings is 1. The minimum Gasteiger partial charge on any atom is -0.493 e. The fourth-order valence-corrected chi connectivity index (χ4v) is 4.92. The fraction of sp³-hybridized carbons (Fsp3) is 0.269. The molecule has 0 radical (unpaired) electrons. The molecule has 1 amide bonds. The first-order valence-electron chi connectivity index (χ1n) is 11.5. The fourth-order valence-electron chi connectivity index (χ4n) is 4.23. The van der Waals surface area contributed by atoms with Gasteiger partial charge in [0.15, 0.2) is 11.5 Å². The Hall–Kier alpha value is -3.85. The second-order valence-corrected chi connectivity index (χ2v) is 9.14. The summed E-state index contributed by atoms with van der Waals surface area (Å²) in [5.74, 6) is 2.76. The van der Waals surface area contributed by atoms with Gasteiger partial charge in [-0.2, -0.15) is 4.98 Å². The van der Waals surface area contributed by atoms with E-state index in [2.05, 4.69) is 10.2 Å². The zero-order valence-electron chi connectivity index (χ0n) is 19.7. The predicted octanol–water partition coefficient (Wildman–Crippen LogP) is 4.80. The summed E-state index contributed by atoms with van der Waals surface area (Å²) in [6.45, 7) is 2.80. The summed E-state index contributed by atoms with van der Waals surface area (Å²) in [5, 5.41) is 6.30. The van der Waals surface area contributed by atoms with E-state index in [1.807, 2.05) is 64.9 Å². The number of nitrogens with one attached hydrogen (secondary N) is 1. The molecule has 3 heterocycles. The van der Waals surface area contributed by atoms with Crippen LogP contribution in [0, 0.1) is 0 Å². The van der Waals surface area contributed by atoms with Gasteiger partial charge in [0.25, 0.3) is 5.91 Å². The highest BCUT2D eigenvalue weighted by molar-refractivity contribution is 7.12. The third-order valence-electron chi connectivity index (χ3n) is 6.04. The Morgan fingerprint density at radius 2 is 1.80 bits per heavy atom. The number of nitrogens with zero attached hydrogens (tertiary/aromatic N) is 4. The van der Waals surface area contributed by atoms with Gasteiger partial charge in [-0.3, -0.25) is 4.79 Å². The summed E-state index contributed by atoms with van der Waals surface area (Å²) >= 11 is 1.48. The second-order valence-electron chi connectivity index (χ2n) is 8.19. The number of para-hydroxylation sites is 1. The van der Waals surface area contributed by atoms with E-state index in [4.69, 9.17) is 19.4 Å². The number of benzene rings is 2. The standard InChI is InChI=1S/C26H27N5O3S/c1-33-21-11-10-18(17-22(21)34-2)27-24-19-7-3-4-8-20(19)28-26(29-24)31-13-6-12-30(14-15-31)25(32)23-9-5-16-35-23/h3-5,7-11,16-17H,6,12-15H2,1-2H3,(H,27,28,29). The van der Waals surface area contributed by atoms with Crippen LogP contribution in [0.3, 0.4) is 0 Å². The zero-order valence-corrected chi connectivity index (χ0v) is 20.5. The van der Waals surface area contributed by atoms with Crippen LogP contribution in [0.5, 0.6) is 11.5 Å². The maximum absolute atomic E-state index is 12.8. The predicted molar refractivity (Wildman–Crippen MR) is 139 cm³/mol. The Morgan fingerprint density at radius 1 is 0.943 bits per heavy atom. The minimum atomic E-state index is 0.0945. The van der Waals surface area contributed by atoms with E-state index < -0.39 is 0 Å². The minimum absolute atomic E-state index is 0.0945. The molecule has 0 atom stereocenters. The molecule has 2 aromatic carbocycles.